The molecule has 3 aromatic rings. The van der Waals surface area contributed by atoms with Crippen LogP contribution in [-0.4, -0.2) is 68.1 Å². The summed E-state index contributed by atoms with van der Waals surface area (Å²) in [6.45, 7) is 12.6. The van der Waals surface area contributed by atoms with Crippen LogP contribution in [0.5, 0.6) is 0 Å². The number of benzene rings is 2. The van der Waals surface area contributed by atoms with Crippen molar-refractivity contribution in [2.45, 2.75) is 38.6 Å². The third-order valence-corrected chi connectivity index (χ3v) is 8.25. The maximum atomic E-state index is 13.9. The number of nitrogens with zero attached hydrogens (tertiary/aromatic N) is 2. The molecular formula is C28H34N4O2. The lowest BCUT2D eigenvalue weighted by Crippen LogP contribution is -2.56. The van der Waals surface area contributed by atoms with Crippen molar-refractivity contribution < 1.29 is 9.53 Å². The molecule has 2 fully saturated rings. The molecule has 0 amide bonds. The Morgan fingerprint density at radius 2 is 1.88 bits per heavy atom. The van der Waals surface area contributed by atoms with Gasteiger partial charge in [0.05, 0.1) is 24.8 Å². The number of fused-ring (bicyclic) bond motifs is 4. The lowest BCUT2D eigenvalue weighted by Gasteiger charge is -2.44. The summed E-state index contributed by atoms with van der Waals surface area (Å²) < 4.78 is 5.40. The van der Waals surface area contributed by atoms with Gasteiger partial charge >= 0.3 is 0 Å². The number of nitrogens with one attached hydrogen (secondary N) is 2. The van der Waals surface area contributed by atoms with Gasteiger partial charge in [0, 0.05) is 72.2 Å². The second-order valence-corrected chi connectivity index (χ2v) is 10.4. The molecule has 2 aromatic carbocycles. The predicted octanol–water partition coefficient (Wildman–Crippen LogP) is 4.16. The molecule has 2 N–H and O–H groups in total. The number of rotatable bonds is 4. The summed E-state index contributed by atoms with van der Waals surface area (Å²) in [5.74, 6) is 0.142. The number of piperazine rings is 1. The normalized spacial score (nSPS) is 20.2. The number of H-pyrrole nitrogens is 1. The molecule has 178 valence electrons. The van der Waals surface area contributed by atoms with Gasteiger partial charge in [0.2, 0.25) is 0 Å². The van der Waals surface area contributed by atoms with Crippen LogP contribution in [0.4, 0.5) is 11.4 Å². The molecule has 0 spiro atoms. The van der Waals surface area contributed by atoms with Gasteiger partial charge < -0.3 is 19.9 Å². The van der Waals surface area contributed by atoms with Crippen LogP contribution < -0.4 is 10.2 Å². The molecule has 2 aliphatic heterocycles. The van der Waals surface area contributed by atoms with Crippen LogP contribution in [-0.2, 0) is 16.6 Å². The maximum absolute atomic E-state index is 13.9. The van der Waals surface area contributed by atoms with Crippen molar-refractivity contribution in [1.29, 1.82) is 0 Å². The molecule has 1 aromatic heterocycles. The second-order valence-electron chi connectivity index (χ2n) is 10.4. The smallest absolute Gasteiger partial charge is 0.195 e. The summed E-state index contributed by atoms with van der Waals surface area (Å²) >= 11 is 0. The minimum atomic E-state index is -0.288. The number of carbonyl (C=O) groups excluding carboxylic acids is 1. The Labute approximate surface area is 201 Å². The first-order valence-electron chi connectivity index (χ1n) is 12.5. The monoisotopic (exact) mass is 458 g/mol. The second kappa shape index (κ2) is 7.85. The third kappa shape index (κ3) is 3.12. The van der Waals surface area contributed by atoms with Crippen molar-refractivity contribution in [2.75, 3.05) is 56.7 Å². The highest BCUT2D eigenvalue weighted by Crippen LogP contribution is 2.46. The molecule has 0 saturated carbocycles. The number of aromatic amines is 1. The Bertz CT molecular complexity index is 1280. The zero-order chi connectivity index (χ0) is 23.6. The van der Waals surface area contributed by atoms with Crippen molar-refractivity contribution in [3.63, 3.8) is 0 Å². The van der Waals surface area contributed by atoms with E-state index in [0.29, 0.717) is 6.04 Å². The largest absolute Gasteiger partial charge is 0.388 e. The van der Waals surface area contributed by atoms with Crippen LogP contribution in [0.3, 0.4) is 0 Å². The molecule has 3 aliphatic rings. The molecule has 6 rings (SSSR count). The summed E-state index contributed by atoms with van der Waals surface area (Å²) in [6, 6.07) is 11.3. The number of aromatic nitrogens is 1. The van der Waals surface area contributed by atoms with Gasteiger partial charge in [-0.05, 0) is 41.8 Å². The van der Waals surface area contributed by atoms with Gasteiger partial charge in [-0.15, -0.1) is 0 Å². The average Bonchev–Trinajstić information content (AvgIpc) is 3.21. The average molecular weight is 459 g/mol. The SMILES string of the molecule is CCc1cc2c(cc1N1CCN(C3COC3)CC1)C(C)(C)c1[nH]c3cc(NC)ccc3c1C2=O. The first-order valence-corrected chi connectivity index (χ1v) is 12.5. The van der Waals surface area contributed by atoms with E-state index in [9.17, 15) is 4.79 Å². The molecule has 6 heteroatoms. The van der Waals surface area contributed by atoms with Crippen LogP contribution >= 0.6 is 0 Å². The van der Waals surface area contributed by atoms with E-state index in [-0.39, 0.29) is 11.2 Å². The van der Waals surface area contributed by atoms with E-state index in [1.54, 1.807) is 0 Å². The Hall–Kier alpha value is -2.83. The Kier molecular flexibility index (Phi) is 5.01. The van der Waals surface area contributed by atoms with Gasteiger partial charge in [0.15, 0.2) is 5.78 Å². The summed E-state index contributed by atoms with van der Waals surface area (Å²) in [7, 11) is 1.92. The quantitative estimate of drug-likeness (QED) is 0.615. The topological polar surface area (TPSA) is 60.6 Å². The fourth-order valence-electron chi connectivity index (χ4n) is 6.00. The summed E-state index contributed by atoms with van der Waals surface area (Å²) in [6.07, 6.45) is 0.916. The van der Waals surface area contributed by atoms with Gasteiger partial charge in [0.1, 0.15) is 0 Å². The van der Waals surface area contributed by atoms with Crippen molar-refractivity contribution in [1.82, 2.24) is 9.88 Å². The lowest BCUT2D eigenvalue weighted by atomic mass is 9.70. The van der Waals surface area contributed by atoms with Gasteiger partial charge in [-0.25, -0.2) is 0 Å². The number of ether oxygens (including phenoxy) is 1. The molecule has 0 unspecified atom stereocenters. The summed E-state index contributed by atoms with van der Waals surface area (Å²) in [4.78, 5) is 22.6. The van der Waals surface area contributed by atoms with E-state index in [1.807, 2.05) is 13.1 Å². The van der Waals surface area contributed by atoms with Crippen molar-refractivity contribution >= 4 is 28.1 Å². The summed E-state index contributed by atoms with van der Waals surface area (Å²) in [5.41, 5.74) is 8.18. The predicted molar refractivity (Wildman–Crippen MR) is 138 cm³/mol. The zero-order valence-electron chi connectivity index (χ0n) is 20.6. The number of hydrogen-bond donors (Lipinski definition) is 2. The van der Waals surface area contributed by atoms with Gasteiger partial charge in [-0.2, -0.15) is 0 Å². The van der Waals surface area contributed by atoms with Gasteiger partial charge in [-0.1, -0.05) is 26.8 Å². The molecule has 6 nitrogen and oxygen atoms in total. The minimum Gasteiger partial charge on any atom is -0.388 e. The van der Waals surface area contributed by atoms with Crippen LogP contribution in [0.25, 0.3) is 10.9 Å². The van der Waals surface area contributed by atoms with Crippen molar-refractivity contribution in [3.05, 3.63) is 58.3 Å². The number of carbonyl (C=O) groups is 1. The Balaban J connectivity index is 1.41. The Morgan fingerprint density at radius 3 is 2.53 bits per heavy atom. The van der Waals surface area contributed by atoms with Crippen molar-refractivity contribution in [3.8, 4) is 0 Å². The van der Waals surface area contributed by atoms with Crippen LogP contribution in [0.2, 0.25) is 0 Å². The minimum absolute atomic E-state index is 0.142. The van der Waals surface area contributed by atoms with Crippen LogP contribution in [0.15, 0.2) is 30.3 Å². The van der Waals surface area contributed by atoms with E-state index >= 15 is 0 Å². The molecule has 0 radical (unpaired) electrons. The molecule has 3 heterocycles. The van der Waals surface area contributed by atoms with E-state index < -0.39 is 0 Å². The highest BCUT2D eigenvalue weighted by molar-refractivity contribution is 6.20. The highest BCUT2D eigenvalue weighted by atomic mass is 16.5. The zero-order valence-corrected chi connectivity index (χ0v) is 20.6. The van der Waals surface area contributed by atoms with Gasteiger partial charge in [-0.3, -0.25) is 9.69 Å². The van der Waals surface area contributed by atoms with Crippen LogP contribution in [0, 0.1) is 0 Å². The molecule has 1 aliphatic carbocycles. The van der Waals surface area contributed by atoms with Crippen LogP contribution in [0.1, 0.15) is 53.5 Å². The van der Waals surface area contributed by atoms with E-state index in [2.05, 4.69) is 65.1 Å². The first-order chi connectivity index (χ1) is 16.4. The molecule has 0 bridgehead atoms. The van der Waals surface area contributed by atoms with E-state index in [0.717, 1.165) is 84.8 Å². The molecule has 2 saturated heterocycles. The van der Waals surface area contributed by atoms with E-state index in [4.69, 9.17) is 4.74 Å². The number of aryl methyl sites for hydroxylation is 1. The molecule has 0 atom stereocenters. The summed E-state index contributed by atoms with van der Waals surface area (Å²) in [5, 5.41) is 4.21. The highest BCUT2D eigenvalue weighted by Gasteiger charge is 2.40. The maximum Gasteiger partial charge on any atom is 0.195 e. The standard InChI is InChI=1S/C28H34N4O2/c1-5-17-12-21-22(14-24(17)32-10-8-31(9-11-32)19-15-34-16-19)28(2,3)27-25(26(21)33)20-7-6-18(29-4)13-23(20)30-27/h6-7,12-14,19,29-30H,5,8-11,15-16H2,1-4H3. The number of ketones is 1. The Morgan fingerprint density at radius 1 is 1.12 bits per heavy atom. The number of anilines is 2. The fraction of sp³-hybridized carbons (Fsp3) is 0.464. The molecular weight excluding hydrogens is 424 g/mol. The lowest BCUT2D eigenvalue weighted by molar-refractivity contribution is -0.0660. The molecule has 34 heavy (non-hydrogen) atoms. The third-order valence-electron chi connectivity index (χ3n) is 8.25. The van der Waals surface area contributed by atoms with Gasteiger partial charge in [0.25, 0.3) is 0 Å². The first kappa shape index (κ1) is 21.7. The van der Waals surface area contributed by atoms with E-state index in [1.165, 1.54) is 11.3 Å². The fourth-order valence-corrected chi connectivity index (χ4v) is 6.00. The number of hydrogen-bond acceptors (Lipinski definition) is 5. The van der Waals surface area contributed by atoms with Crippen molar-refractivity contribution in [2.24, 2.45) is 0 Å².